The number of nitrogens with zero attached hydrogens (tertiary/aromatic N) is 1. The van der Waals surface area contributed by atoms with E-state index >= 15 is 0 Å². The van der Waals surface area contributed by atoms with Gasteiger partial charge in [0.15, 0.2) is 4.91 Å². The van der Waals surface area contributed by atoms with E-state index in [-0.39, 0.29) is 12.4 Å². The normalized spacial score (nSPS) is 19.2. The molecule has 0 radical (unpaired) electrons. The summed E-state index contributed by atoms with van der Waals surface area (Å²) in [4.78, 5) is 10.5. The smallest absolute Gasteiger partial charge is 0.351 e. The van der Waals surface area contributed by atoms with Gasteiger partial charge >= 0.3 is 5.97 Å². The predicted octanol–water partition coefficient (Wildman–Crippen LogP) is -0.866. The molecule has 0 saturated carbocycles. The van der Waals surface area contributed by atoms with Gasteiger partial charge in [0.05, 0.1) is 6.61 Å². The quantitative estimate of drug-likeness (QED) is 0.590. The van der Waals surface area contributed by atoms with E-state index in [2.05, 4.69) is 9.13 Å². The third-order valence-corrected chi connectivity index (χ3v) is 2.55. The fourth-order valence-electron chi connectivity index (χ4n) is 0.790. The number of rotatable bonds is 2. The van der Waals surface area contributed by atoms with Crippen molar-refractivity contribution in [1.82, 2.24) is 0 Å². The van der Waals surface area contributed by atoms with Crippen molar-refractivity contribution in [2.45, 2.75) is 6.92 Å². The van der Waals surface area contributed by atoms with Gasteiger partial charge in [0.25, 0.3) is 10.0 Å². The minimum atomic E-state index is -3.91. The summed E-state index contributed by atoms with van der Waals surface area (Å²) in [6, 6.07) is 0. The maximum atomic E-state index is 11.1. The van der Waals surface area contributed by atoms with Crippen molar-refractivity contribution in [3.63, 3.8) is 0 Å². The van der Waals surface area contributed by atoms with Crippen molar-refractivity contribution in [1.29, 1.82) is 0 Å². The lowest BCUT2D eigenvalue weighted by molar-refractivity contribution is -0.137. The zero-order valence-corrected chi connectivity index (χ0v) is 7.67. The maximum Gasteiger partial charge on any atom is 0.351 e. The van der Waals surface area contributed by atoms with E-state index < -0.39 is 20.9 Å². The molecule has 0 aliphatic carbocycles. The molecule has 6 nitrogen and oxygen atoms in total. The Morgan fingerprint density at radius 1 is 1.69 bits per heavy atom. The Morgan fingerprint density at radius 2 is 2.31 bits per heavy atom. The number of ether oxygens (including phenoxy) is 1. The Hall–Kier alpha value is -1.37. The minimum absolute atomic E-state index is 0.103. The van der Waals surface area contributed by atoms with Crippen molar-refractivity contribution in [2.75, 3.05) is 6.61 Å². The van der Waals surface area contributed by atoms with Crippen molar-refractivity contribution >= 4 is 21.8 Å². The van der Waals surface area contributed by atoms with E-state index in [1.807, 2.05) is 0 Å². The number of carbonyl (C=O) groups is 1. The summed E-state index contributed by atoms with van der Waals surface area (Å²) in [6.07, 6.45) is 0.979. The predicted molar refractivity (Wildman–Crippen MR) is 45.3 cm³/mol. The number of sulfonamides is 1. The third-order valence-electron chi connectivity index (χ3n) is 1.26. The van der Waals surface area contributed by atoms with Gasteiger partial charge in [0, 0.05) is 6.08 Å². The molecular formula is C6H8N2O4S. The van der Waals surface area contributed by atoms with Crippen LogP contribution in [0.1, 0.15) is 6.92 Å². The van der Waals surface area contributed by atoms with E-state index in [4.69, 9.17) is 5.73 Å². The molecule has 2 N–H and O–H groups in total. The molecule has 0 aromatic rings. The number of amidine groups is 1. The molecule has 1 rings (SSSR count). The first-order chi connectivity index (χ1) is 5.97. The van der Waals surface area contributed by atoms with E-state index in [0.29, 0.717) is 0 Å². The van der Waals surface area contributed by atoms with Crippen molar-refractivity contribution in [2.24, 2.45) is 10.1 Å². The topological polar surface area (TPSA) is 98.8 Å². The Kier molecular flexibility index (Phi) is 2.37. The van der Waals surface area contributed by atoms with E-state index in [9.17, 15) is 13.2 Å². The molecule has 7 heteroatoms. The first-order valence-corrected chi connectivity index (χ1v) is 4.90. The van der Waals surface area contributed by atoms with Crippen LogP contribution >= 0.6 is 0 Å². The monoisotopic (exact) mass is 204 g/mol. The molecular weight excluding hydrogens is 196 g/mol. The average Bonchev–Trinajstić information content (AvgIpc) is 2.24. The number of hydrogen-bond acceptors (Lipinski definition) is 5. The van der Waals surface area contributed by atoms with Gasteiger partial charge < -0.3 is 10.5 Å². The first-order valence-electron chi connectivity index (χ1n) is 3.46. The van der Waals surface area contributed by atoms with Crippen LogP contribution in [0.4, 0.5) is 0 Å². The highest BCUT2D eigenvalue weighted by atomic mass is 32.2. The SMILES string of the molecule is CCOC(=O)C1=CC(N)=NS1(=O)=O. The van der Waals surface area contributed by atoms with E-state index in [0.717, 1.165) is 6.08 Å². The molecule has 0 amide bonds. The van der Waals surface area contributed by atoms with Crippen LogP contribution in [-0.4, -0.2) is 26.8 Å². The molecule has 0 aromatic carbocycles. The molecule has 0 atom stereocenters. The lowest BCUT2D eigenvalue weighted by Crippen LogP contribution is -2.12. The minimum Gasteiger partial charge on any atom is -0.462 e. The molecule has 0 fully saturated rings. The second-order valence-corrected chi connectivity index (χ2v) is 3.79. The van der Waals surface area contributed by atoms with E-state index in [1.165, 1.54) is 0 Å². The average molecular weight is 204 g/mol. The van der Waals surface area contributed by atoms with Gasteiger partial charge in [0.1, 0.15) is 5.84 Å². The van der Waals surface area contributed by atoms with Crippen LogP contribution in [0.25, 0.3) is 0 Å². The van der Waals surface area contributed by atoms with Gasteiger partial charge in [-0.1, -0.05) is 0 Å². The number of nitrogens with two attached hydrogens (primary N) is 1. The molecule has 13 heavy (non-hydrogen) atoms. The summed E-state index contributed by atoms with van der Waals surface area (Å²) in [7, 11) is -3.91. The second-order valence-electron chi connectivity index (χ2n) is 2.22. The van der Waals surface area contributed by atoms with Crippen LogP contribution in [-0.2, 0) is 19.6 Å². The Bertz CT molecular complexity index is 393. The summed E-state index contributed by atoms with van der Waals surface area (Å²) < 4.78 is 29.7. The van der Waals surface area contributed by atoms with Crippen molar-refractivity contribution < 1.29 is 17.9 Å². The van der Waals surface area contributed by atoms with Crippen LogP contribution < -0.4 is 5.73 Å². The third kappa shape index (κ3) is 1.86. The van der Waals surface area contributed by atoms with Crippen LogP contribution in [0.3, 0.4) is 0 Å². The van der Waals surface area contributed by atoms with Crippen LogP contribution in [0, 0.1) is 0 Å². The summed E-state index contributed by atoms with van der Waals surface area (Å²) >= 11 is 0. The first kappa shape index (κ1) is 9.72. The second kappa shape index (κ2) is 3.17. The zero-order chi connectivity index (χ0) is 10.1. The van der Waals surface area contributed by atoms with Crippen LogP contribution in [0.5, 0.6) is 0 Å². The number of carbonyl (C=O) groups excluding carboxylic acids is 1. The molecule has 0 spiro atoms. The molecule has 1 aliphatic heterocycles. The Balaban J connectivity index is 2.98. The van der Waals surface area contributed by atoms with Gasteiger partial charge in [0.2, 0.25) is 0 Å². The molecule has 0 bridgehead atoms. The van der Waals surface area contributed by atoms with Gasteiger partial charge in [-0.15, -0.1) is 4.40 Å². The van der Waals surface area contributed by atoms with Crippen LogP contribution in [0.15, 0.2) is 15.4 Å². The highest BCUT2D eigenvalue weighted by molar-refractivity contribution is 7.95. The summed E-state index contributed by atoms with van der Waals surface area (Å²) in [5, 5.41) is 0. The zero-order valence-electron chi connectivity index (χ0n) is 6.85. The Labute approximate surface area is 75.1 Å². The van der Waals surface area contributed by atoms with E-state index in [1.54, 1.807) is 6.92 Å². The molecule has 1 aliphatic rings. The molecule has 1 heterocycles. The van der Waals surface area contributed by atoms with Gasteiger partial charge in [-0.25, -0.2) is 4.79 Å². The highest BCUT2D eigenvalue weighted by Crippen LogP contribution is 2.16. The Morgan fingerprint density at radius 3 is 2.69 bits per heavy atom. The summed E-state index contributed by atoms with van der Waals surface area (Å²) in [6.45, 7) is 1.68. The molecule has 72 valence electrons. The van der Waals surface area contributed by atoms with Crippen molar-refractivity contribution in [3.8, 4) is 0 Å². The molecule has 0 unspecified atom stereocenters. The lowest BCUT2D eigenvalue weighted by atomic mass is 10.4. The van der Waals surface area contributed by atoms with Gasteiger partial charge in [-0.2, -0.15) is 8.42 Å². The number of esters is 1. The number of hydrogen-bond donors (Lipinski definition) is 1. The summed E-state index contributed by atoms with van der Waals surface area (Å²) in [5.41, 5.74) is 5.12. The maximum absolute atomic E-state index is 11.1. The highest BCUT2D eigenvalue weighted by Gasteiger charge is 2.30. The van der Waals surface area contributed by atoms with Crippen molar-refractivity contribution in [3.05, 3.63) is 11.0 Å². The molecule has 0 saturated heterocycles. The summed E-state index contributed by atoms with van der Waals surface area (Å²) in [5.74, 6) is -1.13. The molecule has 0 aromatic heterocycles. The fourth-order valence-corrected chi connectivity index (χ4v) is 1.76. The van der Waals surface area contributed by atoms with Gasteiger partial charge in [-0.05, 0) is 6.92 Å². The lowest BCUT2D eigenvalue weighted by Gasteiger charge is -1.99. The van der Waals surface area contributed by atoms with Crippen LogP contribution in [0.2, 0.25) is 0 Å². The largest absolute Gasteiger partial charge is 0.462 e. The fraction of sp³-hybridized carbons (Fsp3) is 0.333. The van der Waals surface area contributed by atoms with Gasteiger partial charge in [-0.3, -0.25) is 0 Å². The standard InChI is InChI=1S/C6H8N2O4S/c1-2-12-6(9)4-3-5(7)8-13(4,10)11/h3H,2H2,1H3,(H2,7,8).